The molecule has 0 aliphatic heterocycles. The van der Waals surface area contributed by atoms with E-state index in [4.69, 9.17) is 14.2 Å². The summed E-state index contributed by atoms with van der Waals surface area (Å²) in [6, 6.07) is 0. The van der Waals surface area contributed by atoms with E-state index in [1.54, 1.807) is 6.92 Å². The van der Waals surface area contributed by atoms with Gasteiger partial charge in [-0.05, 0) is 47.5 Å². The van der Waals surface area contributed by atoms with Crippen LogP contribution in [0.25, 0.3) is 0 Å². The highest BCUT2D eigenvalue weighted by molar-refractivity contribution is 5.76. The Morgan fingerprint density at radius 3 is 1.72 bits per heavy atom. The molecule has 0 aromatic heterocycles. The molecule has 25 heavy (non-hydrogen) atoms. The van der Waals surface area contributed by atoms with Crippen LogP contribution in [0.2, 0.25) is 0 Å². The lowest BCUT2D eigenvalue weighted by Gasteiger charge is -2.20. The maximum absolute atomic E-state index is 11.5. The van der Waals surface area contributed by atoms with Gasteiger partial charge in [-0.2, -0.15) is 0 Å². The van der Waals surface area contributed by atoms with Gasteiger partial charge in [-0.1, -0.05) is 20.4 Å². The van der Waals surface area contributed by atoms with Crippen LogP contribution in [0.15, 0.2) is 12.3 Å². The minimum absolute atomic E-state index is 0.134. The van der Waals surface area contributed by atoms with Gasteiger partial charge in [0, 0.05) is 0 Å². The maximum atomic E-state index is 11.5. The topological polar surface area (TPSA) is 71.1 Å². The van der Waals surface area contributed by atoms with Crippen molar-refractivity contribution in [3.05, 3.63) is 12.3 Å². The van der Waals surface area contributed by atoms with Crippen molar-refractivity contribution >= 4 is 11.9 Å². The molecule has 0 unspecified atom stereocenters. The Hall–Kier alpha value is -1.56. The second-order valence-electron chi connectivity index (χ2n) is 6.97. The molecule has 6 heteroatoms. The zero-order valence-corrected chi connectivity index (χ0v) is 17.2. The van der Waals surface area contributed by atoms with Gasteiger partial charge in [0.1, 0.15) is 6.61 Å². The van der Waals surface area contributed by atoms with Gasteiger partial charge in [-0.25, -0.2) is 0 Å². The Kier molecular flexibility index (Phi) is 13.1. The van der Waals surface area contributed by atoms with E-state index in [9.17, 15) is 9.59 Å². The molecule has 0 aromatic carbocycles. The molecule has 0 radical (unpaired) electrons. The van der Waals surface area contributed by atoms with Gasteiger partial charge < -0.3 is 18.9 Å². The highest BCUT2D eigenvalue weighted by Gasteiger charge is 2.27. The highest BCUT2D eigenvalue weighted by Crippen LogP contribution is 2.21. The van der Waals surface area contributed by atoms with E-state index < -0.39 is 5.41 Å². The fourth-order valence-electron chi connectivity index (χ4n) is 1.15. The molecule has 0 N–H and O–H groups in total. The number of methoxy groups -OCH3 is 1. The summed E-state index contributed by atoms with van der Waals surface area (Å²) in [6.45, 7) is 17.4. The molecule has 0 fully saturated rings. The first-order chi connectivity index (χ1) is 11.4. The van der Waals surface area contributed by atoms with E-state index in [-0.39, 0.29) is 30.8 Å². The second-order valence-corrected chi connectivity index (χ2v) is 6.97. The number of hydrogen-bond donors (Lipinski definition) is 0. The van der Waals surface area contributed by atoms with Gasteiger partial charge in [0.2, 0.25) is 0 Å². The van der Waals surface area contributed by atoms with Crippen LogP contribution in [0.4, 0.5) is 0 Å². The summed E-state index contributed by atoms with van der Waals surface area (Å²) < 4.78 is 19.7. The van der Waals surface area contributed by atoms with Gasteiger partial charge in [0.15, 0.2) is 6.79 Å². The van der Waals surface area contributed by atoms with Gasteiger partial charge in [-0.15, -0.1) is 0 Å². The van der Waals surface area contributed by atoms with Crippen LogP contribution in [0, 0.1) is 10.8 Å². The lowest BCUT2D eigenvalue weighted by Crippen LogP contribution is -2.27. The number of ether oxygens (including phenoxy) is 4. The predicted octanol–water partition coefficient (Wildman–Crippen LogP) is 4.09. The van der Waals surface area contributed by atoms with E-state index >= 15 is 0 Å². The van der Waals surface area contributed by atoms with E-state index in [0.29, 0.717) is 12.4 Å². The van der Waals surface area contributed by atoms with Gasteiger partial charge in [0.25, 0.3) is 0 Å². The Balaban J connectivity index is 0. The molecule has 0 aliphatic carbocycles. The van der Waals surface area contributed by atoms with Crippen molar-refractivity contribution in [2.24, 2.45) is 10.8 Å². The minimum atomic E-state index is -0.422. The van der Waals surface area contributed by atoms with Crippen LogP contribution in [0.5, 0.6) is 0 Å². The van der Waals surface area contributed by atoms with E-state index in [2.05, 4.69) is 11.3 Å². The maximum Gasteiger partial charge on any atom is 0.311 e. The molecule has 0 amide bonds. The Labute approximate surface area is 152 Å². The standard InChI is InChI=1S/C12H22O4.C7H14O2/c1-6-12(4,5)11(13)15-8-7-14-9-16-10(2)3;1-5-7(2,3)6(8)9-4/h2,6-9H2,1,3-5H3;5H2,1-4H3. The van der Waals surface area contributed by atoms with Crippen LogP contribution < -0.4 is 0 Å². The fourth-order valence-corrected chi connectivity index (χ4v) is 1.15. The number of carbonyl (C=O) groups excluding carboxylic acids is 2. The van der Waals surface area contributed by atoms with Gasteiger partial charge in [0.05, 0.1) is 30.3 Å². The van der Waals surface area contributed by atoms with Crippen molar-refractivity contribution in [3.8, 4) is 0 Å². The molecular weight excluding hydrogens is 324 g/mol. The second kappa shape index (κ2) is 12.8. The summed E-state index contributed by atoms with van der Waals surface area (Å²) in [5.41, 5.74) is -0.733. The molecule has 0 heterocycles. The first kappa shape index (κ1) is 25.7. The Morgan fingerprint density at radius 2 is 1.36 bits per heavy atom. The Morgan fingerprint density at radius 1 is 0.880 bits per heavy atom. The quantitative estimate of drug-likeness (QED) is 0.253. The third kappa shape index (κ3) is 12.5. The van der Waals surface area contributed by atoms with Gasteiger partial charge >= 0.3 is 11.9 Å². The average molecular weight is 360 g/mol. The van der Waals surface area contributed by atoms with Gasteiger partial charge in [-0.3, -0.25) is 9.59 Å². The van der Waals surface area contributed by atoms with Crippen molar-refractivity contribution in [2.75, 3.05) is 27.1 Å². The number of rotatable bonds is 10. The molecule has 0 aliphatic rings. The summed E-state index contributed by atoms with van der Waals surface area (Å²) in [6.07, 6.45) is 1.57. The van der Waals surface area contributed by atoms with E-state index in [1.807, 2.05) is 41.5 Å². The van der Waals surface area contributed by atoms with Crippen molar-refractivity contribution < 1.29 is 28.5 Å². The van der Waals surface area contributed by atoms with Crippen molar-refractivity contribution in [3.63, 3.8) is 0 Å². The highest BCUT2D eigenvalue weighted by atomic mass is 16.7. The van der Waals surface area contributed by atoms with Crippen LogP contribution in [0.3, 0.4) is 0 Å². The van der Waals surface area contributed by atoms with E-state index in [1.165, 1.54) is 7.11 Å². The minimum Gasteiger partial charge on any atom is -0.473 e. The van der Waals surface area contributed by atoms with E-state index in [0.717, 1.165) is 12.8 Å². The van der Waals surface area contributed by atoms with Crippen molar-refractivity contribution in [1.29, 1.82) is 0 Å². The molecule has 0 saturated heterocycles. The largest absolute Gasteiger partial charge is 0.473 e. The molecule has 0 atom stereocenters. The SMILES string of the molecule is C=C(C)OCOCCOC(=O)C(C)(C)CC.CCC(C)(C)C(=O)OC. The first-order valence-electron chi connectivity index (χ1n) is 8.56. The zero-order valence-electron chi connectivity index (χ0n) is 17.2. The summed E-state index contributed by atoms with van der Waals surface area (Å²) in [5.74, 6) is 0.272. The molecule has 0 bridgehead atoms. The monoisotopic (exact) mass is 360 g/mol. The third-order valence-corrected chi connectivity index (χ3v) is 3.91. The van der Waals surface area contributed by atoms with Crippen LogP contribution >= 0.6 is 0 Å². The number of hydrogen-bond acceptors (Lipinski definition) is 6. The van der Waals surface area contributed by atoms with Crippen LogP contribution in [-0.4, -0.2) is 39.1 Å². The predicted molar refractivity (Wildman–Crippen MR) is 97.8 cm³/mol. The lowest BCUT2D eigenvalue weighted by atomic mass is 9.91. The molecule has 0 rings (SSSR count). The average Bonchev–Trinajstić information content (AvgIpc) is 2.56. The van der Waals surface area contributed by atoms with Crippen LogP contribution in [-0.2, 0) is 28.5 Å². The summed E-state index contributed by atoms with van der Waals surface area (Å²) in [5, 5.41) is 0. The smallest absolute Gasteiger partial charge is 0.311 e. The molecular formula is C19H36O6. The molecule has 0 saturated carbocycles. The summed E-state index contributed by atoms with van der Waals surface area (Å²) >= 11 is 0. The fraction of sp³-hybridized carbons (Fsp3) is 0.789. The first-order valence-corrected chi connectivity index (χ1v) is 8.56. The molecule has 6 nitrogen and oxygen atoms in total. The number of esters is 2. The summed E-state index contributed by atoms with van der Waals surface area (Å²) in [4.78, 5) is 22.4. The van der Waals surface area contributed by atoms with Crippen molar-refractivity contribution in [2.45, 2.75) is 61.3 Å². The number of carbonyl (C=O) groups is 2. The molecule has 0 spiro atoms. The third-order valence-electron chi connectivity index (χ3n) is 3.91. The number of allylic oxidation sites excluding steroid dienone is 1. The zero-order chi connectivity index (χ0) is 20.1. The Bertz CT molecular complexity index is 412. The summed E-state index contributed by atoms with van der Waals surface area (Å²) in [7, 11) is 1.42. The van der Waals surface area contributed by atoms with Crippen LogP contribution in [0.1, 0.15) is 61.3 Å². The molecule has 0 aromatic rings. The van der Waals surface area contributed by atoms with Crippen molar-refractivity contribution in [1.82, 2.24) is 0 Å². The lowest BCUT2D eigenvalue weighted by molar-refractivity contribution is -0.157. The normalized spacial score (nSPS) is 11.0. The molecule has 148 valence electrons.